The molecule has 2 heterocycles. The van der Waals surface area contributed by atoms with Gasteiger partial charge in [-0.15, -0.1) is 0 Å². The predicted octanol–water partition coefficient (Wildman–Crippen LogP) is 4.46. The summed E-state index contributed by atoms with van der Waals surface area (Å²) < 4.78 is 48.5. The van der Waals surface area contributed by atoms with Crippen LogP contribution in [0.3, 0.4) is 0 Å². The van der Waals surface area contributed by atoms with Crippen molar-refractivity contribution in [1.82, 2.24) is 20.1 Å². The first kappa shape index (κ1) is 20.2. The van der Waals surface area contributed by atoms with Gasteiger partial charge in [0.15, 0.2) is 6.61 Å². The zero-order chi connectivity index (χ0) is 21.8. The highest BCUT2D eigenvalue weighted by Crippen LogP contribution is 2.31. The van der Waals surface area contributed by atoms with Gasteiger partial charge >= 0.3 is 12.1 Å². The molecule has 0 atom stereocenters. The highest BCUT2D eigenvalue weighted by atomic mass is 19.4. The second-order valence-electron chi connectivity index (χ2n) is 6.31. The summed E-state index contributed by atoms with van der Waals surface area (Å²) >= 11 is 0. The minimum absolute atomic E-state index is 0.0425. The van der Waals surface area contributed by atoms with Crippen LogP contribution in [0.15, 0.2) is 65.3 Å². The van der Waals surface area contributed by atoms with Gasteiger partial charge in [-0.1, -0.05) is 29.4 Å². The average Bonchev–Trinajstić information content (AvgIpc) is 3.25. The molecule has 10 heteroatoms. The van der Waals surface area contributed by atoms with E-state index in [1.807, 2.05) is 18.2 Å². The lowest BCUT2D eigenvalue weighted by Crippen LogP contribution is -2.04. The van der Waals surface area contributed by atoms with Crippen molar-refractivity contribution in [1.29, 1.82) is 0 Å². The summed E-state index contributed by atoms with van der Waals surface area (Å²) in [7, 11) is 0. The molecule has 156 valence electrons. The number of ether oxygens (including phenoxy) is 1. The number of benzene rings is 2. The number of aromatic nitrogens is 4. The fourth-order valence-corrected chi connectivity index (χ4v) is 2.65. The number of nitrogens with zero attached hydrogens (tertiary/aromatic N) is 4. The molecule has 0 saturated heterocycles. The number of fused-ring (bicyclic) bond motifs is 1. The van der Waals surface area contributed by atoms with Crippen LogP contribution in [0, 0.1) is 0 Å². The maximum atomic E-state index is 12.8. The van der Waals surface area contributed by atoms with Gasteiger partial charge in [-0.05, 0) is 30.3 Å². The lowest BCUT2D eigenvalue weighted by atomic mass is 10.1. The SMILES string of the molecule is O=C(/C=C/c1cnc2ccccc2n1)OCc1nc(-c2cccc(C(F)(F)F)c2)no1. The minimum Gasteiger partial charge on any atom is -0.452 e. The Morgan fingerprint density at radius 2 is 1.87 bits per heavy atom. The molecule has 0 amide bonds. The van der Waals surface area contributed by atoms with Crippen molar-refractivity contribution in [2.75, 3.05) is 0 Å². The zero-order valence-electron chi connectivity index (χ0n) is 15.7. The van der Waals surface area contributed by atoms with Gasteiger partial charge in [0.2, 0.25) is 5.82 Å². The first-order valence-corrected chi connectivity index (χ1v) is 8.95. The van der Waals surface area contributed by atoms with Crippen molar-refractivity contribution < 1.29 is 27.2 Å². The molecule has 4 aromatic rings. The molecule has 0 aliphatic heterocycles. The molecule has 0 aliphatic carbocycles. The Balaban J connectivity index is 1.38. The number of hydrogen-bond acceptors (Lipinski definition) is 7. The van der Waals surface area contributed by atoms with E-state index in [-0.39, 0.29) is 23.9 Å². The zero-order valence-corrected chi connectivity index (χ0v) is 15.7. The van der Waals surface area contributed by atoms with E-state index in [0.717, 1.165) is 17.6 Å². The van der Waals surface area contributed by atoms with Gasteiger partial charge in [-0.3, -0.25) is 4.98 Å². The molecule has 2 aromatic heterocycles. The fourth-order valence-electron chi connectivity index (χ4n) is 2.65. The van der Waals surface area contributed by atoms with E-state index in [1.165, 1.54) is 30.5 Å². The van der Waals surface area contributed by atoms with Crippen molar-refractivity contribution in [2.24, 2.45) is 0 Å². The van der Waals surface area contributed by atoms with Gasteiger partial charge in [-0.25, -0.2) is 9.78 Å². The fraction of sp³-hybridized carbons (Fsp3) is 0.0952. The molecule has 0 unspecified atom stereocenters. The smallest absolute Gasteiger partial charge is 0.416 e. The van der Waals surface area contributed by atoms with Gasteiger partial charge in [0.1, 0.15) is 0 Å². The maximum Gasteiger partial charge on any atom is 0.416 e. The second-order valence-corrected chi connectivity index (χ2v) is 6.31. The van der Waals surface area contributed by atoms with E-state index in [2.05, 4.69) is 20.1 Å². The molecule has 2 aromatic carbocycles. The van der Waals surface area contributed by atoms with Crippen LogP contribution in [-0.2, 0) is 22.3 Å². The Morgan fingerprint density at radius 1 is 1.06 bits per heavy atom. The van der Waals surface area contributed by atoms with Crippen molar-refractivity contribution in [2.45, 2.75) is 12.8 Å². The monoisotopic (exact) mass is 426 g/mol. The highest BCUT2D eigenvalue weighted by molar-refractivity contribution is 5.87. The quantitative estimate of drug-likeness (QED) is 0.344. The number of carbonyl (C=O) groups is 1. The van der Waals surface area contributed by atoms with Crippen LogP contribution < -0.4 is 0 Å². The van der Waals surface area contributed by atoms with E-state index < -0.39 is 17.7 Å². The van der Waals surface area contributed by atoms with Crippen LogP contribution in [0.4, 0.5) is 13.2 Å². The normalized spacial score (nSPS) is 11.8. The largest absolute Gasteiger partial charge is 0.452 e. The summed E-state index contributed by atoms with van der Waals surface area (Å²) in [4.78, 5) is 24.5. The molecule has 0 bridgehead atoms. The molecule has 0 radical (unpaired) electrons. The summed E-state index contributed by atoms with van der Waals surface area (Å²) in [6.07, 6.45) is -0.349. The summed E-state index contributed by atoms with van der Waals surface area (Å²) in [6.45, 7) is -0.335. The minimum atomic E-state index is -4.49. The molecular weight excluding hydrogens is 413 g/mol. The Kier molecular flexibility index (Phi) is 5.44. The van der Waals surface area contributed by atoms with E-state index in [9.17, 15) is 18.0 Å². The Morgan fingerprint density at radius 3 is 2.68 bits per heavy atom. The maximum absolute atomic E-state index is 12.8. The third-order valence-electron chi connectivity index (χ3n) is 4.11. The van der Waals surface area contributed by atoms with Crippen LogP contribution in [-0.4, -0.2) is 26.1 Å². The van der Waals surface area contributed by atoms with Gasteiger partial charge in [0, 0.05) is 11.6 Å². The molecular formula is C21H13F3N4O3. The average molecular weight is 426 g/mol. The predicted molar refractivity (Wildman–Crippen MR) is 103 cm³/mol. The van der Waals surface area contributed by atoms with Crippen LogP contribution >= 0.6 is 0 Å². The van der Waals surface area contributed by atoms with Crippen LogP contribution in [0.25, 0.3) is 28.5 Å². The van der Waals surface area contributed by atoms with Crippen molar-refractivity contribution in [3.8, 4) is 11.4 Å². The van der Waals surface area contributed by atoms with Crippen LogP contribution in [0.5, 0.6) is 0 Å². The number of carbonyl (C=O) groups excluding carboxylic acids is 1. The number of alkyl halides is 3. The molecule has 0 N–H and O–H groups in total. The second kappa shape index (κ2) is 8.34. The molecule has 0 aliphatic rings. The van der Waals surface area contributed by atoms with E-state index in [0.29, 0.717) is 11.2 Å². The summed E-state index contributed by atoms with van der Waals surface area (Å²) in [5.41, 5.74) is 1.19. The van der Waals surface area contributed by atoms with Crippen LogP contribution in [0.2, 0.25) is 0 Å². The third-order valence-corrected chi connectivity index (χ3v) is 4.11. The summed E-state index contributed by atoms with van der Waals surface area (Å²) in [5.74, 6) is -0.785. The topological polar surface area (TPSA) is 91.0 Å². The van der Waals surface area contributed by atoms with Crippen molar-refractivity contribution >= 4 is 23.1 Å². The van der Waals surface area contributed by atoms with Crippen molar-refractivity contribution in [3.63, 3.8) is 0 Å². The van der Waals surface area contributed by atoms with Crippen LogP contribution in [0.1, 0.15) is 17.1 Å². The van der Waals surface area contributed by atoms with Gasteiger partial charge in [-0.2, -0.15) is 18.2 Å². The summed E-state index contributed by atoms with van der Waals surface area (Å²) in [5, 5.41) is 3.63. The number of hydrogen-bond donors (Lipinski definition) is 0. The summed E-state index contributed by atoms with van der Waals surface area (Å²) in [6, 6.07) is 11.8. The number of esters is 1. The Labute approximate surface area is 173 Å². The van der Waals surface area contributed by atoms with E-state index >= 15 is 0 Å². The number of rotatable bonds is 5. The highest BCUT2D eigenvalue weighted by Gasteiger charge is 2.30. The standard InChI is InChI=1S/C21H13F3N4O3/c22-21(23,24)14-5-3-4-13(10-14)20-27-18(31-28-20)12-30-19(29)9-8-15-11-25-16-6-1-2-7-17(16)26-15/h1-11H,12H2/b9-8+. The molecule has 0 fully saturated rings. The first-order chi connectivity index (χ1) is 14.9. The Bertz CT molecular complexity index is 1270. The third kappa shape index (κ3) is 4.92. The lowest BCUT2D eigenvalue weighted by molar-refractivity contribution is -0.140. The van der Waals surface area contributed by atoms with Gasteiger partial charge < -0.3 is 9.26 Å². The van der Waals surface area contributed by atoms with Gasteiger partial charge in [0.25, 0.3) is 5.89 Å². The lowest BCUT2D eigenvalue weighted by Gasteiger charge is -2.06. The van der Waals surface area contributed by atoms with Gasteiger partial charge in [0.05, 0.1) is 28.5 Å². The number of halogens is 3. The molecule has 0 spiro atoms. The van der Waals surface area contributed by atoms with E-state index in [4.69, 9.17) is 9.26 Å². The molecule has 31 heavy (non-hydrogen) atoms. The number of para-hydroxylation sites is 2. The molecule has 4 rings (SSSR count). The first-order valence-electron chi connectivity index (χ1n) is 8.95. The Hall–Kier alpha value is -4.08. The molecule has 0 saturated carbocycles. The molecule has 7 nitrogen and oxygen atoms in total. The van der Waals surface area contributed by atoms with E-state index in [1.54, 1.807) is 6.07 Å². The van der Waals surface area contributed by atoms with Crippen molar-refractivity contribution in [3.05, 3.63) is 78.0 Å².